The predicted molar refractivity (Wildman–Crippen MR) is 109 cm³/mol. The first-order valence-electron chi connectivity index (χ1n) is 9.61. The Balaban J connectivity index is 1.72. The van der Waals surface area contributed by atoms with E-state index >= 15 is 0 Å². The van der Waals surface area contributed by atoms with E-state index < -0.39 is 27.4 Å². The summed E-state index contributed by atoms with van der Waals surface area (Å²) in [4.78, 5) is 21.1. The van der Waals surface area contributed by atoms with Crippen molar-refractivity contribution in [3.63, 3.8) is 0 Å². The molecule has 0 radical (unpaired) electrons. The maximum Gasteiger partial charge on any atom is 0.296 e. The summed E-state index contributed by atoms with van der Waals surface area (Å²) in [5.74, 6) is -0.399. The zero-order valence-electron chi connectivity index (χ0n) is 16.9. The van der Waals surface area contributed by atoms with Gasteiger partial charge in [0.15, 0.2) is 5.69 Å². The highest BCUT2D eigenvalue weighted by Crippen LogP contribution is 2.34. The molecule has 2 aromatic heterocycles. The average molecular weight is 448 g/mol. The molecule has 0 saturated carbocycles. The summed E-state index contributed by atoms with van der Waals surface area (Å²) >= 11 is 0. The van der Waals surface area contributed by atoms with E-state index in [0.29, 0.717) is 31.6 Å². The Morgan fingerprint density at radius 3 is 2.68 bits per heavy atom. The van der Waals surface area contributed by atoms with E-state index in [9.17, 15) is 22.7 Å². The van der Waals surface area contributed by atoms with Crippen molar-refractivity contribution in [3.8, 4) is 17.3 Å². The van der Waals surface area contributed by atoms with Crippen LogP contribution >= 0.6 is 0 Å². The second-order valence-corrected chi connectivity index (χ2v) is 9.43. The molecule has 0 spiro atoms. The van der Waals surface area contributed by atoms with Crippen molar-refractivity contribution < 1.29 is 22.3 Å². The molecule has 0 bridgehead atoms. The Kier molecular flexibility index (Phi) is 5.40. The number of nitrogens with zero attached hydrogens (tertiary/aromatic N) is 4. The molecule has 0 unspecified atom stereocenters. The largest absolute Gasteiger partial charge is 0.501 e. The molecule has 1 aliphatic rings. The molecule has 1 fully saturated rings. The zero-order valence-corrected chi connectivity index (χ0v) is 17.8. The number of hydrogen-bond donors (Lipinski definition) is 1. The number of hydrogen-bond acceptors (Lipinski definition) is 7. The van der Waals surface area contributed by atoms with Gasteiger partial charge in [-0.3, -0.25) is 9.36 Å². The van der Waals surface area contributed by atoms with E-state index in [2.05, 4.69) is 9.97 Å². The van der Waals surface area contributed by atoms with Gasteiger partial charge < -0.3 is 9.52 Å². The molecule has 4 rings (SSSR count). The molecular formula is C20H21FN4O5S. The first-order valence-corrected chi connectivity index (χ1v) is 11.5. The molecule has 0 amide bonds. The Labute approximate surface area is 177 Å². The van der Waals surface area contributed by atoms with Crippen molar-refractivity contribution in [2.75, 3.05) is 12.8 Å². The van der Waals surface area contributed by atoms with E-state index in [1.54, 1.807) is 12.1 Å². The third-order valence-corrected chi connectivity index (χ3v) is 6.57. The van der Waals surface area contributed by atoms with Crippen LogP contribution in [-0.2, 0) is 23.5 Å². The minimum Gasteiger partial charge on any atom is -0.501 e. The fraction of sp³-hybridized carbons (Fsp3) is 0.350. The topological polar surface area (TPSA) is 119 Å². The molecule has 164 valence electrons. The van der Waals surface area contributed by atoms with Crippen LogP contribution in [0.3, 0.4) is 0 Å². The van der Waals surface area contributed by atoms with Gasteiger partial charge in [-0.15, -0.1) is 0 Å². The standard InChI is InChI=1S/C20H21FN4O5S/c1-24-18(15-4-3-9-25(15)31(2,28)29)23-16(17(26)20(24)27)19-22-11-14(30-19)10-12-5-7-13(21)8-6-12/h5-8,11,15,26H,3-4,9-10H2,1-2H3/t15-/m0/s1. The summed E-state index contributed by atoms with van der Waals surface area (Å²) in [5.41, 5.74) is -0.0804. The third kappa shape index (κ3) is 4.10. The molecule has 3 aromatic rings. The molecule has 3 heterocycles. The fourth-order valence-corrected chi connectivity index (χ4v) is 4.87. The Hall–Kier alpha value is -3.05. The van der Waals surface area contributed by atoms with E-state index in [1.165, 1.54) is 29.7 Å². The predicted octanol–water partition coefficient (Wildman–Crippen LogP) is 1.97. The highest BCUT2D eigenvalue weighted by atomic mass is 32.2. The van der Waals surface area contributed by atoms with Gasteiger partial charge in [0.2, 0.25) is 21.7 Å². The van der Waals surface area contributed by atoms with Gasteiger partial charge >= 0.3 is 0 Å². The molecule has 11 heteroatoms. The van der Waals surface area contributed by atoms with Gasteiger partial charge in [-0.05, 0) is 30.5 Å². The van der Waals surface area contributed by atoms with Crippen molar-refractivity contribution in [2.24, 2.45) is 7.05 Å². The summed E-state index contributed by atoms with van der Waals surface area (Å²) in [7, 11) is -2.07. The summed E-state index contributed by atoms with van der Waals surface area (Å²) in [6.07, 6.45) is 4.01. The molecule has 1 aliphatic heterocycles. The van der Waals surface area contributed by atoms with E-state index in [1.807, 2.05) is 0 Å². The summed E-state index contributed by atoms with van der Waals surface area (Å²) in [5, 5.41) is 10.4. The summed E-state index contributed by atoms with van der Waals surface area (Å²) in [6.45, 7) is 0.330. The lowest BCUT2D eigenvalue weighted by Gasteiger charge is -2.23. The van der Waals surface area contributed by atoms with Crippen LogP contribution in [-0.4, -0.2) is 45.2 Å². The normalized spacial score (nSPS) is 17.3. The molecule has 31 heavy (non-hydrogen) atoms. The maximum atomic E-state index is 13.1. The minimum absolute atomic E-state index is 0.0579. The number of halogens is 1. The minimum atomic E-state index is -3.50. The van der Waals surface area contributed by atoms with E-state index in [-0.39, 0.29) is 23.2 Å². The average Bonchev–Trinajstić information content (AvgIpc) is 3.38. The molecular weight excluding hydrogens is 427 g/mol. The molecule has 0 aliphatic carbocycles. The second-order valence-electron chi connectivity index (χ2n) is 7.50. The van der Waals surface area contributed by atoms with Gasteiger partial charge in [0.25, 0.3) is 5.56 Å². The molecule has 1 atom stereocenters. The van der Waals surface area contributed by atoms with Gasteiger partial charge in [-0.1, -0.05) is 12.1 Å². The number of sulfonamides is 1. The zero-order chi connectivity index (χ0) is 22.3. The lowest BCUT2D eigenvalue weighted by atomic mass is 10.1. The van der Waals surface area contributed by atoms with Crippen molar-refractivity contribution in [1.82, 2.24) is 18.8 Å². The molecule has 1 aromatic carbocycles. The monoisotopic (exact) mass is 448 g/mol. The van der Waals surface area contributed by atoms with Gasteiger partial charge in [0, 0.05) is 20.0 Å². The Morgan fingerprint density at radius 2 is 2.00 bits per heavy atom. The summed E-state index contributed by atoms with van der Waals surface area (Å²) in [6, 6.07) is 5.28. The number of rotatable bonds is 5. The molecule has 1 N–H and O–H groups in total. The number of aromatic nitrogens is 3. The van der Waals surface area contributed by atoms with Crippen molar-refractivity contribution in [2.45, 2.75) is 25.3 Å². The highest BCUT2D eigenvalue weighted by molar-refractivity contribution is 7.88. The molecule has 1 saturated heterocycles. The quantitative estimate of drug-likeness (QED) is 0.634. The third-order valence-electron chi connectivity index (χ3n) is 5.28. The number of benzene rings is 1. The Bertz CT molecular complexity index is 1280. The van der Waals surface area contributed by atoms with Gasteiger partial charge in [-0.2, -0.15) is 4.31 Å². The number of aromatic hydroxyl groups is 1. The van der Waals surface area contributed by atoms with Crippen LogP contribution in [0.1, 0.15) is 36.0 Å². The lowest BCUT2D eigenvalue weighted by molar-refractivity contribution is 0.370. The van der Waals surface area contributed by atoms with Crippen LogP contribution < -0.4 is 5.56 Å². The smallest absolute Gasteiger partial charge is 0.296 e. The van der Waals surface area contributed by atoms with Crippen molar-refractivity contribution in [1.29, 1.82) is 0 Å². The summed E-state index contributed by atoms with van der Waals surface area (Å²) < 4.78 is 45.5. The van der Waals surface area contributed by atoms with Crippen LogP contribution in [0.15, 0.2) is 39.7 Å². The van der Waals surface area contributed by atoms with Crippen molar-refractivity contribution in [3.05, 3.63) is 63.8 Å². The van der Waals surface area contributed by atoms with E-state index in [0.717, 1.165) is 16.4 Å². The first kappa shape index (κ1) is 21.2. The van der Waals surface area contributed by atoms with E-state index in [4.69, 9.17) is 4.42 Å². The first-order chi connectivity index (χ1) is 14.6. The van der Waals surface area contributed by atoms with Crippen LogP contribution in [0.5, 0.6) is 5.75 Å². The van der Waals surface area contributed by atoms with Crippen LogP contribution in [0.25, 0.3) is 11.6 Å². The van der Waals surface area contributed by atoms with Gasteiger partial charge in [0.1, 0.15) is 17.4 Å². The maximum absolute atomic E-state index is 13.1. The SMILES string of the molecule is Cn1c([C@@H]2CCCN2S(C)(=O)=O)nc(-c2ncc(Cc3ccc(F)cc3)o2)c(O)c1=O. The van der Waals surface area contributed by atoms with Crippen LogP contribution in [0.2, 0.25) is 0 Å². The highest BCUT2D eigenvalue weighted by Gasteiger charge is 2.36. The number of oxazole rings is 1. The Morgan fingerprint density at radius 1 is 1.29 bits per heavy atom. The van der Waals surface area contributed by atoms with Crippen LogP contribution in [0.4, 0.5) is 4.39 Å². The van der Waals surface area contributed by atoms with Crippen LogP contribution in [0, 0.1) is 5.82 Å². The van der Waals surface area contributed by atoms with Gasteiger partial charge in [-0.25, -0.2) is 22.8 Å². The van der Waals surface area contributed by atoms with Crippen molar-refractivity contribution >= 4 is 10.0 Å². The second kappa shape index (κ2) is 7.89. The lowest BCUT2D eigenvalue weighted by Crippen LogP contribution is -2.34. The fourth-order valence-electron chi connectivity index (χ4n) is 3.75. The molecule has 9 nitrogen and oxygen atoms in total. The van der Waals surface area contributed by atoms with Gasteiger partial charge in [0.05, 0.1) is 18.5 Å².